The average molecular weight is 217 g/mol. The monoisotopic (exact) mass is 217 g/mol. The highest BCUT2D eigenvalue weighted by Gasteiger charge is 2.02. The zero-order valence-corrected chi connectivity index (χ0v) is 10.2. The third kappa shape index (κ3) is 11.2. The summed E-state index contributed by atoms with van der Waals surface area (Å²) in [6, 6.07) is 0. The van der Waals surface area contributed by atoms with Gasteiger partial charge in [0, 0.05) is 13.2 Å². The molecule has 0 fully saturated rings. The van der Waals surface area contributed by atoms with E-state index in [1.54, 1.807) is 0 Å². The van der Waals surface area contributed by atoms with E-state index in [1.165, 1.54) is 0 Å². The molecule has 1 amide bonds. The normalized spacial score (nSPS) is 10.8. The second kappa shape index (κ2) is 8.53. The van der Waals surface area contributed by atoms with Crippen LogP contribution in [0.4, 0.5) is 4.79 Å². The quantitative estimate of drug-likeness (QED) is 0.665. The highest BCUT2D eigenvalue weighted by Crippen LogP contribution is 1.93. The molecule has 0 radical (unpaired) electrons. The number of carbonyl (C=O) groups excluding carboxylic acids is 1. The summed E-state index contributed by atoms with van der Waals surface area (Å²) >= 11 is 0. The molecule has 15 heavy (non-hydrogen) atoms. The molecule has 0 aromatic rings. The van der Waals surface area contributed by atoms with Crippen LogP contribution in [-0.4, -0.2) is 32.0 Å². The first-order valence-electron chi connectivity index (χ1n) is 5.54. The molecular weight excluding hydrogens is 194 g/mol. The fourth-order valence-electron chi connectivity index (χ4n) is 0.875. The summed E-state index contributed by atoms with van der Waals surface area (Å²) in [4.78, 5) is 11.1. The lowest BCUT2D eigenvalue weighted by atomic mass is 10.2. The smallest absolute Gasteiger partial charge is 0.407 e. The Hall–Kier alpha value is -0.770. The highest BCUT2D eigenvalue weighted by atomic mass is 16.5. The minimum Gasteiger partial charge on any atom is -0.449 e. The van der Waals surface area contributed by atoms with Crippen molar-refractivity contribution in [2.24, 2.45) is 5.92 Å². The van der Waals surface area contributed by atoms with Crippen molar-refractivity contribution in [1.29, 1.82) is 0 Å². The van der Waals surface area contributed by atoms with Crippen LogP contribution in [0, 0.1) is 5.92 Å². The van der Waals surface area contributed by atoms with Crippen LogP contribution in [0.3, 0.4) is 0 Å². The van der Waals surface area contributed by atoms with Gasteiger partial charge in [0.25, 0.3) is 0 Å². The molecular formula is C11H23NO3. The van der Waals surface area contributed by atoms with Gasteiger partial charge in [0.2, 0.25) is 0 Å². The van der Waals surface area contributed by atoms with Gasteiger partial charge in [-0.3, -0.25) is 0 Å². The lowest BCUT2D eigenvalue weighted by Crippen LogP contribution is -2.27. The Morgan fingerprint density at radius 1 is 1.27 bits per heavy atom. The molecule has 4 nitrogen and oxygen atoms in total. The van der Waals surface area contributed by atoms with E-state index in [0.29, 0.717) is 25.7 Å². The molecule has 0 aliphatic rings. The van der Waals surface area contributed by atoms with Gasteiger partial charge in [-0.1, -0.05) is 13.8 Å². The van der Waals surface area contributed by atoms with Crippen LogP contribution in [0.15, 0.2) is 0 Å². The van der Waals surface area contributed by atoms with Crippen molar-refractivity contribution in [3.63, 3.8) is 0 Å². The minimum absolute atomic E-state index is 0.248. The van der Waals surface area contributed by atoms with E-state index in [0.717, 1.165) is 6.42 Å². The van der Waals surface area contributed by atoms with Crippen LogP contribution in [0.1, 0.15) is 34.1 Å². The molecule has 0 aromatic heterocycles. The van der Waals surface area contributed by atoms with Gasteiger partial charge < -0.3 is 14.8 Å². The molecule has 4 heteroatoms. The number of nitrogens with one attached hydrogen (secondary N) is 1. The Labute approximate surface area is 92.3 Å². The zero-order valence-electron chi connectivity index (χ0n) is 10.2. The van der Waals surface area contributed by atoms with E-state index in [-0.39, 0.29) is 12.2 Å². The largest absolute Gasteiger partial charge is 0.449 e. The average Bonchev–Trinajstić information content (AvgIpc) is 2.13. The second-order valence-electron chi connectivity index (χ2n) is 4.19. The Morgan fingerprint density at radius 3 is 2.47 bits per heavy atom. The second-order valence-corrected chi connectivity index (χ2v) is 4.19. The minimum atomic E-state index is -0.340. The summed E-state index contributed by atoms with van der Waals surface area (Å²) < 4.78 is 10.3. The highest BCUT2D eigenvalue weighted by molar-refractivity contribution is 5.66. The first kappa shape index (κ1) is 14.2. The topological polar surface area (TPSA) is 47.6 Å². The van der Waals surface area contributed by atoms with Gasteiger partial charge in [-0.15, -0.1) is 0 Å². The van der Waals surface area contributed by atoms with Crippen molar-refractivity contribution in [3.8, 4) is 0 Å². The van der Waals surface area contributed by atoms with Crippen LogP contribution >= 0.6 is 0 Å². The fourth-order valence-corrected chi connectivity index (χ4v) is 0.875. The molecule has 0 bridgehead atoms. The Bertz CT molecular complexity index is 169. The number of carbonyl (C=O) groups is 1. The Kier molecular flexibility index (Phi) is 8.09. The molecule has 0 saturated heterocycles. The maximum absolute atomic E-state index is 11.1. The molecule has 0 aromatic carbocycles. The van der Waals surface area contributed by atoms with Gasteiger partial charge >= 0.3 is 6.09 Å². The number of alkyl carbamates (subject to hydrolysis) is 1. The van der Waals surface area contributed by atoms with Gasteiger partial charge in [-0.05, 0) is 26.2 Å². The van der Waals surface area contributed by atoms with Crippen molar-refractivity contribution in [3.05, 3.63) is 0 Å². The lowest BCUT2D eigenvalue weighted by Gasteiger charge is -2.09. The molecule has 90 valence electrons. The van der Waals surface area contributed by atoms with Crippen LogP contribution in [0.2, 0.25) is 0 Å². The van der Waals surface area contributed by atoms with Gasteiger partial charge in [0.15, 0.2) is 0 Å². The lowest BCUT2D eigenvalue weighted by molar-refractivity contribution is 0.0763. The predicted molar refractivity (Wildman–Crippen MR) is 59.9 cm³/mol. The predicted octanol–water partition coefficient (Wildman–Crippen LogP) is 2.18. The van der Waals surface area contributed by atoms with E-state index in [9.17, 15) is 4.79 Å². The van der Waals surface area contributed by atoms with Crippen molar-refractivity contribution in [1.82, 2.24) is 5.32 Å². The van der Waals surface area contributed by atoms with Crippen molar-refractivity contribution >= 4 is 6.09 Å². The van der Waals surface area contributed by atoms with Crippen molar-refractivity contribution in [2.75, 3.05) is 19.8 Å². The Morgan fingerprint density at radius 2 is 1.93 bits per heavy atom. The van der Waals surface area contributed by atoms with Gasteiger partial charge in [0.1, 0.15) is 0 Å². The third-order valence-corrected chi connectivity index (χ3v) is 1.59. The molecule has 0 saturated carbocycles. The maximum atomic E-state index is 11.1. The summed E-state index contributed by atoms with van der Waals surface area (Å²) in [5.41, 5.74) is 0. The first-order chi connectivity index (χ1) is 7.02. The summed E-state index contributed by atoms with van der Waals surface area (Å²) in [5.74, 6) is 0.375. The van der Waals surface area contributed by atoms with Crippen LogP contribution in [0.25, 0.3) is 0 Å². The van der Waals surface area contributed by atoms with Gasteiger partial charge in [-0.25, -0.2) is 4.79 Å². The van der Waals surface area contributed by atoms with E-state index in [4.69, 9.17) is 9.47 Å². The third-order valence-electron chi connectivity index (χ3n) is 1.59. The molecule has 0 atom stereocenters. The van der Waals surface area contributed by atoms with E-state index >= 15 is 0 Å². The summed E-state index contributed by atoms with van der Waals surface area (Å²) in [5, 5.41) is 2.67. The fraction of sp³-hybridized carbons (Fsp3) is 0.909. The number of amides is 1. The number of rotatable bonds is 7. The van der Waals surface area contributed by atoms with Gasteiger partial charge in [0.05, 0.1) is 12.7 Å². The van der Waals surface area contributed by atoms with Crippen molar-refractivity contribution < 1.29 is 14.3 Å². The van der Waals surface area contributed by atoms with E-state index < -0.39 is 0 Å². The SMILES string of the molecule is CC(C)COC(=O)NCCCOC(C)C. The molecule has 1 N–H and O–H groups in total. The summed E-state index contributed by atoms with van der Waals surface area (Å²) in [7, 11) is 0. The van der Waals surface area contributed by atoms with Crippen LogP contribution < -0.4 is 5.32 Å². The van der Waals surface area contributed by atoms with E-state index in [2.05, 4.69) is 5.32 Å². The molecule has 0 heterocycles. The number of ether oxygens (including phenoxy) is 2. The first-order valence-corrected chi connectivity index (χ1v) is 5.54. The number of hydrogen-bond donors (Lipinski definition) is 1. The summed E-state index contributed by atoms with van der Waals surface area (Å²) in [6.07, 6.45) is 0.723. The zero-order chi connectivity index (χ0) is 11.7. The molecule has 0 unspecified atom stereocenters. The summed E-state index contributed by atoms with van der Waals surface area (Å²) in [6.45, 7) is 9.72. The molecule has 0 rings (SSSR count). The number of hydrogen-bond acceptors (Lipinski definition) is 3. The Balaban J connectivity index is 3.24. The van der Waals surface area contributed by atoms with E-state index in [1.807, 2.05) is 27.7 Å². The molecule has 0 spiro atoms. The van der Waals surface area contributed by atoms with Crippen LogP contribution in [0.5, 0.6) is 0 Å². The molecule has 0 aliphatic heterocycles. The van der Waals surface area contributed by atoms with Gasteiger partial charge in [-0.2, -0.15) is 0 Å². The van der Waals surface area contributed by atoms with Crippen molar-refractivity contribution in [2.45, 2.75) is 40.2 Å². The molecule has 0 aliphatic carbocycles. The van der Waals surface area contributed by atoms with Crippen LogP contribution in [-0.2, 0) is 9.47 Å². The standard InChI is InChI=1S/C11H23NO3/c1-9(2)8-15-11(13)12-6-5-7-14-10(3)4/h9-10H,5-8H2,1-4H3,(H,12,13). The maximum Gasteiger partial charge on any atom is 0.407 e.